The lowest BCUT2D eigenvalue weighted by molar-refractivity contribution is 0.0684. The maximum absolute atomic E-state index is 12.7. The highest BCUT2D eigenvalue weighted by atomic mass is 35.5. The molecule has 0 aliphatic heterocycles. The first kappa shape index (κ1) is 13.3. The molecule has 0 spiro atoms. The molecule has 2 rings (SSSR count). The molecule has 2 aromatic heterocycles. The number of nitrogens with zero attached hydrogens (tertiary/aromatic N) is 4. The summed E-state index contributed by atoms with van der Waals surface area (Å²) >= 11 is 5.78. The molecule has 100 valence electrons. The molecule has 0 atom stereocenters. The van der Waals surface area contributed by atoms with Crippen molar-refractivity contribution in [1.82, 2.24) is 19.7 Å². The summed E-state index contributed by atoms with van der Waals surface area (Å²) in [6.07, 6.45) is -1.85. The van der Waals surface area contributed by atoms with Crippen LogP contribution < -0.4 is 0 Å². The van der Waals surface area contributed by atoms with E-state index in [9.17, 15) is 13.6 Å². The Hall–Kier alpha value is -2.09. The Balaban J connectivity index is 2.66. The van der Waals surface area contributed by atoms with Gasteiger partial charge in [0.2, 0.25) is 0 Å². The zero-order valence-electron chi connectivity index (χ0n) is 9.51. The highest BCUT2D eigenvalue weighted by molar-refractivity contribution is 6.32. The average molecular weight is 289 g/mol. The van der Waals surface area contributed by atoms with Crippen molar-refractivity contribution in [3.8, 4) is 5.82 Å². The van der Waals surface area contributed by atoms with E-state index in [0.717, 1.165) is 4.68 Å². The lowest BCUT2D eigenvalue weighted by Gasteiger charge is -2.01. The van der Waals surface area contributed by atoms with E-state index in [-0.39, 0.29) is 5.82 Å². The van der Waals surface area contributed by atoms with Gasteiger partial charge >= 0.3 is 5.97 Å². The van der Waals surface area contributed by atoms with Crippen molar-refractivity contribution in [2.45, 2.75) is 13.3 Å². The number of aryl methyl sites for hydroxylation is 1. The van der Waals surface area contributed by atoms with E-state index >= 15 is 0 Å². The van der Waals surface area contributed by atoms with Gasteiger partial charge in [-0.2, -0.15) is 5.10 Å². The van der Waals surface area contributed by atoms with Crippen molar-refractivity contribution in [1.29, 1.82) is 0 Å². The number of carboxylic acids is 1. The molecule has 9 heteroatoms. The fourth-order valence-corrected chi connectivity index (χ4v) is 1.77. The molecule has 2 heterocycles. The first-order valence-electron chi connectivity index (χ1n) is 5.00. The number of aromatic carboxylic acids is 1. The molecule has 0 amide bonds. The predicted octanol–water partition coefficient (Wildman–Crippen LogP) is 2.26. The van der Waals surface area contributed by atoms with Gasteiger partial charge in [-0.25, -0.2) is 28.2 Å². The molecule has 0 radical (unpaired) electrons. The SMILES string of the molecule is Cc1cc(-n2nc(C(F)F)c(C(=O)O)c2Cl)ncn1. The smallest absolute Gasteiger partial charge is 0.341 e. The number of aromatic nitrogens is 4. The van der Waals surface area contributed by atoms with Crippen LogP contribution in [-0.2, 0) is 0 Å². The summed E-state index contributed by atoms with van der Waals surface area (Å²) in [4.78, 5) is 18.6. The minimum absolute atomic E-state index is 0.118. The number of hydrogen-bond acceptors (Lipinski definition) is 4. The van der Waals surface area contributed by atoms with Crippen molar-refractivity contribution in [3.63, 3.8) is 0 Å². The minimum Gasteiger partial charge on any atom is -0.478 e. The van der Waals surface area contributed by atoms with E-state index in [4.69, 9.17) is 16.7 Å². The first-order chi connectivity index (χ1) is 8.91. The van der Waals surface area contributed by atoms with E-state index in [1.165, 1.54) is 12.4 Å². The topological polar surface area (TPSA) is 80.9 Å². The predicted molar refractivity (Wildman–Crippen MR) is 60.8 cm³/mol. The highest BCUT2D eigenvalue weighted by Gasteiger charge is 2.28. The van der Waals surface area contributed by atoms with E-state index in [1.807, 2.05) is 0 Å². The summed E-state index contributed by atoms with van der Waals surface area (Å²) in [6.45, 7) is 1.66. The molecular formula is C10H7ClF2N4O2. The van der Waals surface area contributed by atoms with Gasteiger partial charge in [-0.3, -0.25) is 0 Å². The molecular weight excluding hydrogens is 282 g/mol. The van der Waals surface area contributed by atoms with Crippen LogP contribution in [0.5, 0.6) is 0 Å². The van der Waals surface area contributed by atoms with Gasteiger partial charge in [-0.1, -0.05) is 11.6 Å². The molecule has 0 saturated heterocycles. The second-order valence-electron chi connectivity index (χ2n) is 3.59. The van der Waals surface area contributed by atoms with Crippen molar-refractivity contribution in [2.24, 2.45) is 0 Å². The molecule has 1 N–H and O–H groups in total. The van der Waals surface area contributed by atoms with Crippen LogP contribution in [0.15, 0.2) is 12.4 Å². The largest absolute Gasteiger partial charge is 0.478 e. The summed E-state index contributed by atoms with van der Waals surface area (Å²) in [5.74, 6) is -1.45. The lowest BCUT2D eigenvalue weighted by Crippen LogP contribution is -2.02. The van der Waals surface area contributed by atoms with Gasteiger partial charge < -0.3 is 5.11 Å². The number of alkyl halides is 2. The van der Waals surface area contributed by atoms with E-state index in [0.29, 0.717) is 5.69 Å². The maximum atomic E-state index is 12.7. The molecule has 0 saturated carbocycles. The Morgan fingerprint density at radius 3 is 2.63 bits per heavy atom. The van der Waals surface area contributed by atoms with Gasteiger partial charge in [0.1, 0.15) is 22.7 Å². The van der Waals surface area contributed by atoms with Gasteiger partial charge in [-0.05, 0) is 6.92 Å². The van der Waals surface area contributed by atoms with Gasteiger partial charge in [-0.15, -0.1) is 0 Å². The minimum atomic E-state index is -3.05. The van der Waals surface area contributed by atoms with Crippen molar-refractivity contribution >= 4 is 17.6 Å². The van der Waals surface area contributed by atoms with Gasteiger partial charge in [0.15, 0.2) is 5.82 Å². The molecule has 0 fully saturated rings. The fraction of sp³-hybridized carbons (Fsp3) is 0.200. The molecule has 6 nitrogen and oxygen atoms in total. The number of hydrogen-bond donors (Lipinski definition) is 1. The molecule has 0 aliphatic rings. The number of rotatable bonds is 3. The number of halogens is 3. The summed E-state index contributed by atoms with van der Waals surface area (Å²) in [5.41, 5.74) is -1.06. The number of carboxylic acid groups (broad SMARTS) is 1. The third-order valence-corrected chi connectivity index (χ3v) is 2.63. The maximum Gasteiger partial charge on any atom is 0.341 e. The Kier molecular flexibility index (Phi) is 3.43. The van der Waals surface area contributed by atoms with Crippen molar-refractivity contribution in [2.75, 3.05) is 0 Å². The lowest BCUT2D eigenvalue weighted by atomic mass is 10.2. The fourth-order valence-electron chi connectivity index (χ4n) is 1.47. The Bertz CT molecular complexity index is 644. The summed E-state index contributed by atoms with van der Waals surface area (Å²) in [7, 11) is 0. The van der Waals surface area contributed by atoms with Crippen LogP contribution in [0.25, 0.3) is 5.82 Å². The molecule has 19 heavy (non-hydrogen) atoms. The summed E-state index contributed by atoms with van der Waals surface area (Å²) in [6, 6.07) is 1.44. The van der Waals surface area contributed by atoms with Crippen LogP contribution >= 0.6 is 11.6 Å². The van der Waals surface area contributed by atoms with Crippen LogP contribution in [0.1, 0.15) is 28.2 Å². The third kappa shape index (κ3) is 2.39. The van der Waals surface area contributed by atoms with Gasteiger partial charge in [0.25, 0.3) is 6.43 Å². The van der Waals surface area contributed by atoms with E-state index < -0.39 is 28.8 Å². The monoisotopic (exact) mass is 288 g/mol. The zero-order chi connectivity index (χ0) is 14.2. The van der Waals surface area contributed by atoms with Crippen molar-refractivity contribution < 1.29 is 18.7 Å². The average Bonchev–Trinajstić information content (AvgIpc) is 2.67. The van der Waals surface area contributed by atoms with Gasteiger partial charge in [0.05, 0.1) is 0 Å². The third-order valence-electron chi connectivity index (χ3n) is 2.28. The molecule has 0 aromatic carbocycles. The quantitative estimate of drug-likeness (QED) is 0.937. The summed E-state index contributed by atoms with van der Waals surface area (Å²) in [5, 5.41) is 12.0. The second kappa shape index (κ2) is 4.88. The molecule has 0 unspecified atom stereocenters. The normalized spacial score (nSPS) is 11.0. The molecule has 2 aromatic rings. The second-order valence-corrected chi connectivity index (χ2v) is 3.94. The van der Waals surface area contributed by atoms with Gasteiger partial charge in [0, 0.05) is 11.8 Å². The molecule has 0 bridgehead atoms. The zero-order valence-corrected chi connectivity index (χ0v) is 10.3. The van der Waals surface area contributed by atoms with Crippen LogP contribution in [-0.4, -0.2) is 30.8 Å². The van der Waals surface area contributed by atoms with E-state index in [1.54, 1.807) is 6.92 Å². The van der Waals surface area contributed by atoms with Crippen LogP contribution in [0.4, 0.5) is 8.78 Å². The van der Waals surface area contributed by atoms with Crippen LogP contribution in [0.3, 0.4) is 0 Å². The Labute approximate surface area is 110 Å². The van der Waals surface area contributed by atoms with Crippen LogP contribution in [0, 0.1) is 6.92 Å². The molecule has 0 aliphatic carbocycles. The van der Waals surface area contributed by atoms with Crippen LogP contribution in [0.2, 0.25) is 5.15 Å². The summed E-state index contributed by atoms with van der Waals surface area (Å²) < 4.78 is 26.3. The Morgan fingerprint density at radius 2 is 2.16 bits per heavy atom. The highest BCUT2D eigenvalue weighted by Crippen LogP contribution is 2.29. The van der Waals surface area contributed by atoms with Crippen molar-refractivity contribution in [3.05, 3.63) is 34.5 Å². The standard InChI is InChI=1S/C10H7ClF2N4O2/c1-4-2-5(15-3-14-4)17-8(11)6(10(18)19)7(16-17)9(12)13/h2-3,9H,1H3,(H,18,19). The Morgan fingerprint density at radius 1 is 1.47 bits per heavy atom. The van der Waals surface area contributed by atoms with E-state index in [2.05, 4.69) is 15.1 Å². The first-order valence-corrected chi connectivity index (χ1v) is 5.38. The number of carbonyl (C=O) groups is 1.